The summed E-state index contributed by atoms with van der Waals surface area (Å²) in [7, 11) is 3.24. The molecule has 0 aliphatic carbocycles. The van der Waals surface area contributed by atoms with Gasteiger partial charge in [0.05, 0.1) is 31.6 Å². The van der Waals surface area contributed by atoms with Gasteiger partial charge in [-0.2, -0.15) is 6.42 Å². The molecule has 2 aromatic heterocycles. The molecule has 1 aliphatic rings. The zero-order chi connectivity index (χ0) is 20.2. The molecule has 9 heteroatoms. The minimum absolute atomic E-state index is 0. The van der Waals surface area contributed by atoms with E-state index in [9.17, 15) is 0 Å². The minimum atomic E-state index is 0. The van der Waals surface area contributed by atoms with Crippen LogP contribution in [0.1, 0.15) is 18.4 Å². The van der Waals surface area contributed by atoms with Crippen LogP contribution >= 0.6 is 11.3 Å². The van der Waals surface area contributed by atoms with E-state index < -0.39 is 0 Å². The smallest absolute Gasteiger partial charge is 0.552 e. The first-order valence-corrected chi connectivity index (χ1v) is 10.1. The largest absolute Gasteiger partial charge is 2.00 e. The Morgan fingerprint density at radius 3 is 2.63 bits per heavy atom. The van der Waals surface area contributed by atoms with Gasteiger partial charge in [-0.15, -0.1) is 11.3 Å². The van der Waals surface area contributed by atoms with Gasteiger partial charge in [0.15, 0.2) is 11.5 Å². The van der Waals surface area contributed by atoms with Crippen LogP contribution in [-0.2, 0) is 11.3 Å². The van der Waals surface area contributed by atoms with Crippen molar-refractivity contribution >= 4 is 37.7 Å². The standard InChI is InChI=1S/C17H15N4O2S.C4H7O.U/c1-22-14-6-12-13(7-15(14)23-2)21(9-19-12)8-10-3-4-11-16(5-10)24-17(18)20-11;1-2-4-5-3-1;/h3-7,9H,8H2,1-2H3,(H-,18,20);3H,1-2,4H2;/q2*-1;+2. The molecule has 0 atom stereocenters. The molecule has 1 saturated heterocycles. The first-order chi connectivity index (χ1) is 14.2. The third-order valence-corrected chi connectivity index (χ3v) is 5.47. The number of benzene rings is 2. The van der Waals surface area contributed by atoms with Gasteiger partial charge in [0.25, 0.3) is 0 Å². The maximum absolute atomic E-state index is 7.65. The van der Waals surface area contributed by atoms with E-state index >= 15 is 0 Å². The summed E-state index contributed by atoms with van der Waals surface area (Å²) in [5, 5.41) is 0.340. The minimum Gasteiger partial charge on any atom is -0.552 e. The van der Waals surface area contributed by atoms with E-state index in [1.807, 2.05) is 37.2 Å². The van der Waals surface area contributed by atoms with Crippen molar-refractivity contribution in [3.05, 3.63) is 54.6 Å². The number of methoxy groups -OCH3 is 2. The number of rotatable bonds is 4. The molecule has 0 unspecified atom stereocenters. The third-order valence-electron chi connectivity index (χ3n) is 4.63. The molecule has 154 valence electrons. The SMILES string of the molecule is COc1cc2ncn(Cc3ccc4nc([NH-])sc4c3)c2cc1OC.[CH-]1CCCO1.[U+2]. The van der Waals surface area contributed by atoms with E-state index in [2.05, 4.69) is 20.6 Å². The molecular formula is C21H22N4O3SU. The molecule has 0 saturated carbocycles. The van der Waals surface area contributed by atoms with Crippen LogP contribution in [0.25, 0.3) is 27.0 Å². The third kappa shape index (κ3) is 5.09. The quantitative estimate of drug-likeness (QED) is 0.279. The molecule has 1 aliphatic heterocycles. The summed E-state index contributed by atoms with van der Waals surface area (Å²) in [4.78, 5) is 8.63. The fourth-order valence-corrected chi connectivity index (χ4v) is 3.97. The van der Waals surface area contributed by atoms with Crippen LogP contribution in [0.2, 0.25) is 0 Å². The Kier molecular flexibility index (Phi) is 8.00. The molecule has 0 amide bonds. The molecule has 2 aromatic carbocycles. The number of hydrogen-bond acceptors (Lipinski definition) is 6. The number of aromatic nitrogens is 3. The van der Waals surface area contributed by atoms with Crippen molar-refractivity contribution in [2.24, 2.45) is 0 Å². The van der Waals surface area contributed by atoms with Crippen LogP contribution in [0.3, 0.4) is 0 Å². The van der Waals surface area contributed by atoms with E-state index in [1.165, 1.54) is 17.8 Å². The predicted octanol–water partition coefficient (Wildman–Crippen LogP) is 5.35. The first kappa shape index (κ1) is 22.9. The molecule has 0 spiro atoms. The molecule has 1 fully saturated rings. The molecule has 0 bridgehead atoms. The summed E-state index contributed by atoms with van der Waals surface area (Å²) in [5.41, 5.74) is 11.5. The van der Waals surface area contributed by atoms with Gasteiger partial charge in [-0.3, -0.25) is 0 Å². The van der Waals surface area contributed by atoms with E-state index in [-0.39, 0.29) is 31.1 Å². The second-order valence-corrected chi connectivity index (χ2v) is 7.60. The van der Waals surface area contributed by atoms with Gasteiger partial charge in [0.2, 0.25) is 0 Å². The molecule has 30 heavy (non-hydrogen) atoms. The van der Waals surface area contributed by atoms with Gasteiger partial charge in [0.1, 0.15) is 0 Å². The number of thiazole rings is 1. The van der Waals surface area contributed by atoms with Crippen LogP contribution in [0.5, 0.6) is 11.5 Å². The summed E-state index contributed by atoms with van der Waals surface area (Å²) in [5.74, 6) is 1.35. The summed E-state index contributed by atoms with van der Waals surface area (Å²) < 4.78 is 18.6. The van der Waals surface area contributed by atoms with Crippen LogP contribution in [0.15, 0.2) is 36.7 Å². The van der Waals surface area contributed by atoms with Crippen LogP contribution in [0.4, 0.5) is 5.13 Å². The Hall–Kier alpha value is -1.79. The Morgan fingerprint density at radius 1 is 1.17 bits per heavy atom. The number of ether oxygens (including phenoxy) is 3. The molecule has 1 N–H and O–H groups in total. The number of nitrogens with one attached hydrogen (secondary N) is 1. The van der Waals surface area contributed by atoms with Gasteiger partial charge < -0.3 is 29.5 Å². The molecule has 3 heterocycles. The Balaban J connectivity index is 0.000000376. The summed E-state index contributed by atoms with van der Waals surface area (Å²) in [6.07, 6.45) is 4.19. The fraction of sp³-hybridized carbons (Fsp3) is 0.286. The number of fused-ring (bicyclic) bond motifs is 2. The molecule has 4 aromatic rings. The monoisotopic (exact) mass is 648 g/mol. The first-order valence-electron chi connectivity index (χ1n) is 9.29. The van der Waals surface area contributed by atoms with Crippen molar-refractivity contribution in [2.45, 2.75) is 19.4 Å². The van der Waals surface area contributed by atoms with Crippen molar-refractivity contribution in [3.63, 3.8) is 0 Å². The molecular weight excluding hydrogens is 626 g/mol. The second-order valence-electron chi connectivity index (χ2n) is 6.57. The van der Waals surface area contributed by atoms with E-state index in [0.29, 0.717) is 23.2 Å². The maximum atomic E-state index is 7.65. The summed E-state index contributed by atoms with van der Waals surface area (Å²) >= 11 is 1.39. The average molecular weight is 649 g/mol. The van der Waals surface area contributed by atoms with Crippen molar-refractivity contribution in [1.29, 1.82) is 0 Å². The Labute approximate surface area is 202 Å². The summed E-state index contributed by atoms with van der Waals surface area (Å²) in [6, 6.07) is 9.89. The van der Waals surface area contributed by atoms with E-state index in [4.69, 9.17) is 19.9 Å². The number of hydrogen-bond donors (Lipinski definition) is 0. The Bertz CT molecular complexity index is 1120. The van der Waals surface area contributed by atoms with Crippen LogP contribution in [-0.4, -0.2) is 35.4 Å². The zero-order valence-corrected chi connectivity index (χ0v) is 21.8. The van der Waals surface area contributed by atoms with Crippen molar-refractivity contribution in [1.82, 2.24) is 14.5 Å². The van der Waals surface area contributed by atoms with Crippen molar-refractivity contribution < 1.29 is 45.3 Å². The topological polar surface area (TPSA) is 82.2 Å². The van der Waals surface area contributed by atoms with Crippen molar-refractivity contribution in [2.75, 3.05) is 20.8 Å². The molecule has 5 rings (SSSR count). The maximum Gasteiger partial charge on any atom is 2.00 e. The van der Waals surface area contributed by atoms with Gasteiger partial charge >= 0.3 is 31.1 Å². The van der Waals surface area contributed by atoms with Crippen LogP contribution in [0, 0.1) is 37.7 Å². The number of imidazole rings is 1. The Morgan fingerprint density at radius 2 is 1.97 bits per heavy atom. The summed E-state index contributed by atoms with van der Waals surface area (Å²) in [6.45, 7) is 3.49. The van der Waals surface area contributed by atoms with Gasteiger partial charge in [-0.05, 0) is 22.3 Å². The zero-order valence-electron chi connectivity index (χ0n) is 16.8. The van der Waals surface area contributed by atoms with E-state index in [1.54, 1.807) is 14.2 Å². The second kappa shape index (κ2) is 10.5. The normalized spacial score (nSPS) is 13.0. The number of nitrogens with zero attached hydrogens (tertiary/aromatic N) is 3. The van der Waals surface area contributed by atoms with Gasteiger partial charge in [0, 0.05) is 30.0 Å². The van der Waals surface area contributed by atoms with Crippen molar-refractivity contribution in [3.8, 4) is 11.5 Å². The van der Waals surface area contributed by atoms with Gasteiger partial charge in [-0.1, -0.05) is 18.6 Å². The molecule has 7 nitrogen and oxygen atoms in total. The van der Waals surface area contributed by atoms with Gasteiger partial charge in [-0.25, -0.2) is 11.6 Å². The fourth-order valence-electron chi connectivity index (χ4n) is 3.19. The predicted molar refractivity (Wildman–Crippen MR) is 115 cm³/mol. The van der Waals surface area contributed by atoms with E-state index in [0.717, 1.165) is 39.8 Å². The molecule has 0 radical (unpaired) electrons. The van der Waals surface area contributed by atoms with Crippen LogP contribution < -0.4 is 9.47 Å². The average Bonchev–Trinajstić information content (AvgIpc) is 3.48.